The minimum Gasteiger partial charge on any atom is -0.375 e. The molecule has 4 nitrogen and oxygen atoms in total. The number of aryl methyl sites for hydroxylation is 1. The van der Waals surface area contributed by atoms with Crippen molar-refractivity contribution in [1.29, 1.82) is 0 Å². The molecular weight excluding hydrogens is 228 g/mol. The molecule has 1 aliphatic heterocycles. The lowest BCUT2D eigenvalue weighted by Gasteiger charge is -2.38. The summed E-state index contributed by atoms with van der Waals surface area (Å²) in [6.45, 7) is 3.63. The predicted octanol–water partition coefficient (Wildman–Crippen LogP) is 2.56. The lowest BCUT2D eigenvalue weighted by molar-refractivity contribution is -0.0838. The molecule has 1 N–H and O–H groups in total. The van der Waals surface area contributed by atoms with Gasteiger partial charge in [0.05, 0.1) is 11.3 Å². The molecule has 1 unspecified atom stereocenters. The van der Waals surface area contributed by atoms with Gasteiger partial charge in [0.1, 0.15) is 5.76 Å². The molecule has 1 aromatic rings. The minimum absolute atomic E-state index is 0.190. The molecule has 3 rings (SSSR count). The SMILES string of the molecule is Cc1cc(CNC2CCOC3(CCCC3)C2)no1. The lowest BCUT2D eigenvalue weighted by atomic mass is 9.89. The Balaban J connectivity index is 1.53. The van der Waals surface area contributed by atoms with Gasteiger partial charge in [-0.2, -0.15) is 0 Å². The summed E-state index contributed by atoms with van der Waals surface area (Å²) in [5, 5.41) is 7.62. The molecule has 1 aliphatic carbocycles. The second-order valence-electron chi connectivity index (χ2n) is 5.74. The highest BCUT2D eigenvalue weighted by molar-refractivity contribution is 5.03. The highest BCUT2D eigenvalue weighted by atomic mass is 16.5. The first kappa shape index (κ1) is 12.2. The van der Waals surface area contributed by atoms with Crippen LogP contribution in [0.4, 0.5) is 0 Å². The fraction of sp³-hybridized carbons (Fsp3) is 0.786. The molecule has 1 saturated heterocycles. The quantitative estimate of drug-likeness (QED) is 0.895. The van der Waals surface area contributed by atoms with Crippen LogP contribution in [0.15, 0.2) is 10.6 Å². The highest BCUT2D eigenvalue weighted by Crippen LogP contribution is 2.39. The van der Waals surface area contributed by atoms with Gasteiger partial charge < -0.3 is 14.6 Å². The fourth-order valence-electron chi connectivity index (χ4n) is 3.32. The Hall–Kier alpha value is -0.870. The van der Waals surface area contributed by atoms with E-state index in [9.17, 15) is 0 Å². The maximum absolute atomic E-state index is 6.04. The van der Waals surface area contributed by atoms with Gasteiger partial charge in [-0.05, 0) is 32.6 Å². The van der Waals surface area contributed by atoms with Gasteiger partial charge >= 0.3 is 0 Å². The molecule has 0 radical (unpaired) electrons. The van der Waals surface area contributed by atoms with E-state index in [-0.39, 0.29) is 5.60 Å². The summed E-state index contributed by atoms with van der Waals surface area (Å²) in [6, 6.07) is 2.56. The Labute approximate surface area is 108 Å². The lowest BCUT2D eigenvalue weighted by Crippen LogP contribution is -2.45. The Bertz CT molecular complexity index is 396. The first-order valence-electron chi connectivity index (χ1n) is 7.05. The van der Waals surface area contributed by atoms with E-state index in [1.807, 2.05) is 13.0 Å². The molecule has 18 heavy (non-hydrogen) atoms. The number of hydrogen-bond acceptors (Lipinski definition) is 4. The Morgan fingerprint density at radius 3 is 3.00 bits per heavy atom. The average molecular weight is 250 g/mol. The zero-order valence-electron chi connectivity index (χ0n) is 11.1. The summed E-state index contributed by atoms with van der Waals surface area (Å²) >= 11 is 0. The summed E-state index contributed by atoms with van der Waals surface area (Å²) in [4.78, 5) is 0. The molecule has 4 heteroatoms. The predicted molar refractivity (Wildman–Crippen MR) is 68.3 cm³/mol. The Morgan fingerprint density at radius 2 is 2.28 bits per heavy atom. The fourth-order valence-corrected chi connectivity index (χ4v) is 3.32. The standard InChI is InChI=1S/C14H22N2O2/c1-11-8-13(16-18-11)10-15-12-4-7-17-14(9-12)5-2-3-6-14/h8,12,15H,2-7,9-10H2,1H3. The van der Waals surface area contributed by atoms with E-state index in [2.05, 4.69) is 10.5 Å². The number of nitrogens with one attached hydrogen (secondary N) is 1. The molecule has 1 saturated carbocycles. The molecule has 0 bridgehead atoms. The van der Waals surface area contributed by atoms with E-state index in [1.165, 1.54) is 25.7 Å². The molecule has 2 fully saturated rings. The van der Waals surface area contributed by atoms with Gasteiger partial charge in [-0.3, -0.25) is 0 Å². The van der Waals surface area contributed by atoms with E-state index in [0.29, 0.717) is 6.04 Å². The van der Waals surface area contributed by atoms with E-state index >= 15 is 0 Å². The van der Waals surface area contributed by atoms with Gasteiger partial charge in [0.15, 0.2) is 0 Å². The van der Waals surface area contributed by atoms with Gasteiger partial charge in [0.2, 0.25) is 0 Å². The number of ether oxygens (including phenoxy) is 1. The van der Waals surface area contributed by atoms with Crippen molar-refractivity contribution in [2.75, 3.05) is 6.61 Å². The smallest absolute Gasteiger partial charge is 0.133 e. The second kappa shape index (κ2) is 5.02. The van der Waals surface area contributed by atoms with Crippen LogP contribution in [0.2, 0.25) is 0 Å². The van der Waals surface area contributed by atoms with Crippen LogP contribution in [0.5, 0.6) is 0 Å². The van der Waals surface area contributed by atoms with Crippen molar-refractivity contribution in [3.63, 3.8) is 0 Å². The maximum atomic E-state index is 6.04. The van der Waals surface area contributed by atoms with Crippen molar-refractivity contribution in [2.45, 2.75) is 63.6 Å². The monoisotopic (exact) mass is 250 g/mol. The summed E-state index contributed by atoms with van der Waals surface area (Å²) in [5.74, 6) is 0.881. The van der Waals surface area contributed by atoms with Gasteiger partial charge in [-0.15, -0.1) is 0 Å². The van der Waals surface area contributed by atoms with Crippen LogP contribution in [0.3, 0.4) is 0 Å². The second-order valence-corrected chi connectivity index (χ2v) is 5.74. The van der Waals surface area contributed by atoms with Gasteiger partial charge in [-0.25, -0.2) is 0 Å². The normalized spacial score (nSPS) is 26.8. The third-order valence-electron chi connectivity index (χ3n) is 4.26. The van der Waals surface area contributed by atoms with Crippen LogP contribution in [0.25, 0.3) is 0 Å². The average Bonchev–Trinajstić information content (AvgIpc) is 2.97. The molecule has 1 aromatic heterocycles. The molecule has 100 valence electrons. The van der Waals surface area contributed by atoms with E-state index < -0.39 is 0 Å². The number of aromatic nitrogens is 1. The Morgan fingerprint density at radius 1 is 1.44 bits per heavy atom. The number of nitrogens with zero attached hydrogens (tertiary/aromatic N) is 1. The largest absolute Gasteiger partial charge is 0.375 e. The van der Waals surface area contributed by atoms with Crippen molar-refractivity contribution in [3.8, 4) is 0 Å². The summed E-state index contributed by atoms with van der Waals surface area (Å²) in [6.07, 6.45) is 7.41. The highest BCUT2D eigenvalue weighted by Gasteiger charge is 2.39. The number of hydrogen-bond donors (Lipinski definition) is 1. The van der Waals surface area contributed by atoms with E-state index in [4.69, 9.17) is 9.26 Å². The maximum Gasteiger partial charge on any atom is 0.133 e. The van der Waals surface area contributed by atoms with Crippen LogP contribution in [-0.2, 0) is 11.3 Å². The Kier molecular flexibility index (Phi) is 3.39. The molecule has 2 heterocycles. The van der Waals surface area contributed by atoms with Gasteiger partial charge in [0.25, 0.3) is 0 Å². The van der Waals surface area contributed by atoms with Crippen LogP contribution in [-0.4, -0.2) is 23.4 Å². The molecule has 1 spiro atoms. The summed E-state index contributed by atoms with van der Waals surface area (Å²) in [7, 11) is 0. The zero-order valence-corrected chi connectivity index (χ0v) is 11.1. The van der Waals surface area contributed by atoms with Crippen LogP contribution in [0, 0.1) is 6.92 Å². The summed E-state index contributed by atoms with van der Waals surface area (Å²) < 4.78 is 11.1. The van der Waals surface area contributed by atoms with Crippen molar-refractivity contribution in [1.82, 2.24) is 10.5 Å². The third kappa shape index (κ3) is 2.59. The third-order valence-corrected chi connectivity index (χ3v) is 4.26. The van der Waals surface area contributed by atoms with Crippen molar-refractivity contribution in [3.05, 3.63) is 17.5 Å². The molecular formula is C14H22N2O2. The summed E-state index contributed by atoms with van der Waals surface area (Å²) in [5.41, 5.74) is 1.19. The molecule has 1 atom stereocenters. The minimum atomic E-state index is 0.190. The van der Waals surface area contributed by atoms with Gasteiger partial charge in [0, 0.05) is 25.3 Å². The molecule has 0 aromatic carbocycles. The van der Waals surface area contributed by atoms with Crippen molar-refractivity contribution >= 4 is 0 Å². The number of rotatable bonds is 3. The first-order valence-corrected chi connectivity index (χ1v) is 7.05. The van der Waals surface area contributed by atoms with Crippen LogP contribution in [0.1, 0.15) is 50.0 Å². The van der Waals surface area contributed by atoms with Crippen molar-refractivity contribution in [2.24, 2.45) is 0 Å². The van der Waals surface area contributed by atoms with Crippen LogP contribution >= 0.6 is 0 Å². The van der Waals surface area contributed by atoms with Crippen molar-refractivity contribution < 1.29 is 9.26 Å². The molecule has 2 aliphatic rings. The van der Waals surface area contributed by atoms with Gasteiger partial charge in [-0.1, -0.05) is 18.0 Å². The topological polar surface area (TPSA) is 47.3 Å². The van der Waals surface area contributed by atoms with E-state index in [1.54, 1.807) is 0 Å². The zero-order chi connectivity index (χ0) is 12.4. The molecule has 0 amide bonds. The van der Waals surface area contributed by atoms with Crippen LogP contribution < -0.4 is 5.32 Å². The van der Waals surface area contributed by atoms with E-state index in [0.717, 1.165) is 37.4 Å². The first-order chi connectivity index (χ1) is 8.76.